The van der Waals surface area contributed by atoms with Crippen LogP contribution in [0.5, 0.6) is 5.75 Å². The second-order valence-corrected chi connectivity index (χ2v) is 5.44. The summed E-state index contributed by atoms with van der Waals surface area (Å²) in [6.45, 7) is 4.13. The lowest BCUT2D eigenvalue weighted by Crippen LogP contribution is -2.03. The summed E-state index contributed by atoms with van der Waals surface area (Å²) in [5.41, 5.74) is 8.89. The molecule has 0 fully saturated rings. The Hall–Kier alpha value is -1.62. The Bertz CT molecular complexity index is 629. The molecule has 0 amide bonds. The average molecular weight is 336 g/mol. The molecule has 0 aliphatic heterocycles. The number of aryl methyl sites for hydroxylation is 2. The molecule has 106 valence electrons. The van der Waals surface area contributed by atoms with E-state index < -0.39 is 0 Å². The van der Waals surface area contributed by atoms with Crippen molar-refractivity contribution in [3.63, 3.8) is 0 Å². The number of hydrogen-bond acceptors (Lipinski definition) is 4. The third-order valence-electron chi connectivity index (χ3n) is 3.03. The molecule has 5 heteroatoms. The van der Waals surface area contributed by atoms with Crippen LogP contribution in [0.1, 0.15) is 24.6 Å². The fourth-order valence-electron chi connectivity index (χ4n) is 2.02. The van der Waals surface area contributed by atoms with E-state index in [9.17, 15) is 0 Å². The quantitative estimate of drug-likeness (QED) is 0.923. The van der Waals surface area contributed by atoms with Gasteiger partial charge >= 0.3 is 0 Å². The van der Waals surface area contributed by atoms with Crippen LogP contribution in [0.25, 0.3) is 11.4 Å². The van der Waals surface area contributed by atoms with Crippen LogP contribution >= 0.6 is 15.9 Å². The van der Waals surface area contributed by atoms with Crippen molar-refractivity contribution >= 4 is 21.7 Å². The van der Waals surface area contributed by atoms with Crippen LogP contribution in [0.15, 0.2) is 22.7 Å². The zero-order chi connectivity index (χ0) is 14.7. The lowest BCUT2D eigenvalue weighted by atomic mass is 10.1. The molecule has 0 bridgehead atoms. The highest BCUT2D eigenvalue weighted by Gasteiger charge is 2.14. The largest absolute Gasteiger partial charge is 0.496 e. The minimum Gasteiger partial charge on any atom is -0.496 e. The molecule has 1 heterocycles. The van der Waals surface area contributed by atoms with Gasteiger partial charge < -0.3 is 10.5 Å². The number of aromatic nitrogens is 2. The summed E-state index contributed by atoms with van der Waals surface area (Å²) in [4.78, 5) is 8.98. The lowest BCUT2D eigenvalue weighted by molar-refractivity contribution is 0.416. The van der Waals surface area contributed by atoms with Gasteiger partial charge in [0, 0.05) is 0 Å². The molecular weight excluding hydrogens is 318 g/mol. The van der Waals surface area contributed by atoms with E-state index in [4.69, 9.17) is 10.5 Å². The smallest absolute Gasteiger partial charge is 0.165 e. The lowest BCUT2D eigenvalue weighted by Gasteiger charge is -2.11. The van der Waals surface area contributed by atoms with Crippen molar-refractivity contribution in [3.8, 4) is 17.1 Å². The second-order valence-electron chi connectivity index (χ2n) is 4.65. The number of anilines is 1. The fraction of sp³-hybridized carbons (Fsp3) is 0.333. The first-order chi connectivity index (χ1) is 9.56. The SMILES string of the molecule is CCCc1nc(-c2ccc(C)cc2OC)nc(N)c1Br. The van der Waals surface area contributed by atoms with Gasteiger partial charge in [0.05, 0.1) is 22.8 Å². The van der Waals surface area contributed by atoms with Crippen molar-refractivity contribution < 1.29 is 4.74 Å². The number of rotatable bonds is 4. The van der Waals surface area contributed by atoms with Crippen LogP contribution in [-0.2, 0) is 6.42 Å². The Labute approximate surface area is 127 Å². The van der Waals surface area contributed by atoms with Crippen molar-refractivity contribution in [3.05, 3.63) is 33.9 Å². The van der Waals surface area contributed by atoms with Crippen LogP contribution in [0.4, 0.5) is 5.82 Å². The molecule has 0 aliphatic carbocycles. The molecule has 0 aliphatic rings. The van der Waals surface area contributed by atoms with E-state index in [2.05, 4.69) is 32.8 Å². The number of halogens is 1. The molecule has 20 heavy (non-hydrogen) atoms. The van der Waals surface area contributed by atoms with Crippen LogP contribution in [0.3, 0.4) is 0 Å². The Morgan fingerprint density at radius 1 is 1.30 bits per heavy atom. The van der Waals surface area contributed by atoms with Gasteiger partial charge in [-0.2, -0.15) is 0 Å². The van der Waals surface area contributed by atoms with E-state index in [-0.39, 0.29) is 0 Å². The molecule has 2 rings (SSSR count). The van der Waals surface area contributed by atoms with E-state index in [1.807, 2.05) is 25.1 Å². The minimum absolute atomic E-state index is 0.459. The molecule has 0 unspecified atom stereocenters. The minimum atomic E-state index is 0.459. The predicted octanol–water partition coefficient (Wildman–Crippen LogP) is 3.76. The number of methoxy groups -OCH3 is 1. The highest BCUT2D eigenvalue weighted by atomic mass is 79.9. The summed E-state index contributed by atoms with van der Waals surface area (Å²) in [5, 5.41) is 0. The first kappa shape index (κ1) is 14.8. The molecule has 0 saturated carbocycles. The van der Waals surface area contributed by atoms with Gasteiger partial charge in [-0.05, 0) is 47.0 Å². The van der Waals surface area contributed by atoms with Crippen LogP contribution in [-0.4, -0.2) is 17.1 Å². The molecule has 0 atom stereocenters. The maximum atomic E-state index is 5.97. The van der Waals surface area contributed by atoms with Gasteiger partial charge in [-0.1, -0.05) is 19.4 Å². The Kier molecular flexibility index (Phi) is 4.60. The predicted molar refractivity (Wildman–Crippen MR) is 84.9 cm³/mol. The molecule has 0 spiro atoms. The van der Waals surface area contributed by atoms with E-state index in [0.717, 1.165) is 39.9 Å². The van der Waals surface area contributed by atoms with Gasteiger partial charge in [0.15, 0.2) is 5.82 Å². The number of nitrogen functional groups attached to an aromatic ring is 1. The molecule has 2 aromatic rings. The molecule has 0 saturated heterocycles. The van der Waals surface area contributed by atoms with Gasteiger partial charge in [0.1, 0.15) is 11.6 Å². The van der Waals surface area contributed by atoms with E-state index in [1.54, 1.807) is 7.11 Å². The van der Waals surface area contributed by atoms with Crippen LogP contribution in [0.2, 0.25) is 0 Å². The number of nitrogens with zero attached hydrogens (tertiary/aromatic N) is 2. The van der Waals surface area contributed by atoms with Crippen molar-refractivity contribution in [1.82, 2.24) is 9.97 Å². The van der Waals surface area contributed by atoms with Gasteiger partial charge in [-0.15, -0.1) is 0 Å². The number of ether oxygens (including phenoxy) is 1. The first-order valence-electron chi connectivity index (χ1n) is 6.53. The van der Waals surface area contributed by atoms with Gasteiger partial charge in [-0.3, -0.25) is 0 Å². The second kappa shape index (κ2) is 6.22. The molecule has 0 radical (unpaired) electrons. The summed E-state index contributed by atoms with van der Waals surface area (Å²) < 4.78 is 6.20. The van der Waals surface area contributed by atoms with E-state index in [0.29, 0.717) is 11.6 Å². The number of benzene rings is 1. The normalized spacial score (nSPS) is 10.6. The Morgan fingerprint density at radius 2 is 2.05 bits per heavy atom. The van der Waals surface area contributed by atoms with Crippen molar-refractivity contribution in [2.24, 2.45) is 0 Å². The molecule has 2 N–H and O–H groups in total. The molecule has 4 nitrogen and oxygen atoms in total. The molecule has 1 aromatic heterocycles. The maximum absolute atomic E-state index is 5.97. The van der Waals surface area contributed by atoms with Gasteiger partial charge in [-0.25, -0.2) is 9.97 Å². The van der Waals surface area contributed by atoms with Crippen molar-refractivity contribution in [2.75, 3.05) is 12.8 Å². The number of hydrogen-bond donors (Lipinski definition) is 1. The van der Waals surface area contributed by atoms with Gasteiger partial charge in [0.2, 0.25) is 0 Å². The van der Waals surface area contributed by atoms with Crippen LogP contribution < -0.4 is 10.5 Å². The van der Waals surface area contributed by atoms with E-state index in [1.165, 1.54) is 0 Å². The third-order valence-corrected chi connectivity index (χ3v) is 3.89. The highest BCUT2D eigenvalue weighted by molar-refractivity contribution is 9.10. The summed E-state index contributed by atoms with van der Waals surface area (Å²) in [6.07, 6.45) is 1.86. The molecule has 1 aromatic carbocycles. The topological polar surface area (TPSA) is 61.0 Å². The zero-order valence-electron chi connectivity index (χ0n) is 11.9. The summed E-state index contributed by atoms with van der Waals surface area (Å²) in [7, 11) is 1.65. The zero-order valence-corrected chi connectivity index (χ0v) is 13.5. The number of nitrogens with two attached hydrogens (primary N) is 1. The first-order valence-corrected chi connectivity index (χ1v) is 7.33. The monoisotopic (exact) mass is 335 g/mol. The van der Waals surface area contributed by atoms with E-state index >= 15 is 0 Å². The van der Waals surface area contributed by atoms with Gasteiger partial charge in [0.25, 0.3) is 0 Å². The summed E-state index contributed by atoms with van der Waals surface area (Å²) >= 11 is 3.45. The Balaban J connectivity index is 2.58. The summed E-state index contributed by atoms with van der Waals surface area (Å²) in [6, 6.07) is 5.95. The highest BCUT2D eigenvalue weighted by Crippen LogP contribution is 2.31. The summed E-state index contributed by atoms with van der Waals surface area (Å²) in [5.74, 6) is 1.82. The molecular formula is C15H18BrN3O. The Morgan fingerprint density at radius 3 is 2.70 bits per heavy atom. The van der Waals surface area contributed by atoms with Crippen molar-refractivity contribution in [1.29, 1.82) is 0 Å². The average Bonchev–Trinajstić information content (AvgIpc) is 2.43. The van der Waals surface area contributed by atoms with Crippen molar-refractivity contribution in [2.45, 2.75) is 26.7 Å². The van der Waals surface area contributed by atoms with Crippen LogP contribution in [0, 0.1) is 6.92 Å². The maximum Gasteiger partial charge on any atom is 0.165 e. The standard InChI is InChI=1S/C15H18BrN3O/c1-4-5-11-13(16)14(17)19-15(18-11)10-7-6-9(2)8-12(10)20-3/h6-8H,4-5H2,1-3H3,(H2,17,18,19). The fourth-order valence-corrected chi connectivity index (χ4v) is 2.39. The third kappa shape index (κ3) is 2.93.